The van der Waals surface area contributed by atoms with E-state index in [2.05, 4.69) is 20.2 Å². The van der Waals surface area contributed by atoms with Gasteiger partial charge in [-0.3, -0.25) is 24.7 Å². The van der Waals surface area contributed by atoms with E-state index in [9.17, 15) is 9.59 Å². The normalized spacial score (nSPS) is 16.9. The van der Waals surface area contributed by atoms with Crippen molar-refractivity contribution >= 4 is 35.4 Å². The van der Waals surface area contributed by atoms with E-state index in [0.717, 1.165) is 43.6 Å². The summed E-state index contributed by atoms with van der Waals surface area (Å²) < 4.78 is 4.77. The second-order valence-corrected chi connectivity index (χ2v) is 7.23. The zero-order valence-corrected chi connectivity index (χ0v) is 17.1. The molecule has 1 fully saturated rings. The molecule has 1 aromatic carbocycles. The Morgan fingerprint density at radius 1 is 1.33 bits per heavy atom. The number of hydroxylamine groups is 1. The summed E-state index contributed by atoms with van der Waals surface area (Å²) >= 11 is 6.24. The molecule has 2 heterocycles. The number of carbonyl (C=O) groups is 2. The van der Waals surface area contributed by atoms with Crippen LogP contribution in [0.15, 0.2) is 42.4 Å². The number of halogens is 1. The molecule has 0 aliphatic carbocycles. The molecule has 0 bridgehead atoms. The molecule has 9 nitrogen and oxygen atoms in total. The Balaban J connectivity index is 1.58. The maximum absolute atomic E-state index is 11.6. The number of rotatable bonds is 7. The number of esters is 1. The molecule has 3 N–H and O–H groups in total. The predicted octanol–water partition coefficient (Wildman–Crippen LogP) is 2.23. The number of aromatic nitrogens is 2. The Kier molecular flexibility index (Phi) is 7.34. The minimum Gasteiger partial charge on any atom is -0.421 e. The number of anilines is 1. The highest BCUT2D eigenvalue weighted by atomic mass is 35.5. The third-order valence-electron chi connectivity index (χ3n) is 4.51. The fraction of sp³-hybridized carbons (Fsp3) is 0.300. The van der Waals surface area contributed by atoms with Crippen LogP contribution in [0, 0.1) is 0 Å². The highest BCUT2D eigenvalue weighted by Crippen LogP contribution is 2.21. The van der Waals surface area contributed by atoms with E-state index >= 15 is 0 Å². The molecular weight excluding hydrogens is 410 g/mol. The zero-order chi connectivity index (χ0) is 21.5. The molecule has 0 spiro atoms. The summed E-state index contributed by atoms with van der Waals surface area (Å²) in [6.07, 6.45) is 5.14. The first-order chi connectivity index (χ1) is 14.4. The van der Waals surface area contributed by atoms with Crippen molar-refractivity contribution in [3.63, 3.8) is 0 Å². The number of hydrogen-bond donors (Lipinski definition) is 3. The molecule has 30 heavy (non-hydrogen) atoms. The molecule has 158 valence electrons. The lowest BCUT2D eigenvalue weighted by molar-refractivity contribution is -0.142. The van der Waals surface area contributed by atoms with Crippen LogP contribution in [-0.2, 0) is 20.9 Å². The van der Waals surface area contributed by atoms with E-state index in [1.807, 2.05) is 24.3 Å². The summed E-state index contributed by atoms with van der Waals surface area (Å²) in [6, 6.07) is 8.05. The van der Waals surface area contributed by atoms with Crippen molar-refractivity contribution in [2.24, 2.45) is 0 Å². The number of ether oxygens (including phenoxy) is 1. The first kappa shape index (κ1) is 21.7. The van der Waals surface area contributed by atoms with Gasteiger partial charge >= 0.3 is 11.9 Å². The standard InChI is InChI=1S/C20H22ClN5O4/c1-13(27)30-18(20(28)25-29)8-16-9-23-19(10-22-16)24-15-6-7-26(12-15)11-14-4-2-3-5-17(14)21/h2-5,8-10,15,29H,6-7,11-12H2,1H3,(H,23,24)(H,25,28)/b18-8+/t15-/m1/s1. The number of amides is 1. The summed E-state index contributed by atoms with van der Waals surface area (Å²) in [6.45, 7) is 3.73. The molecule has 0 unspecified atom stereocenters. The molecule has 3 rings (SSSR count). The van der Waals surface area contributed by atoms with Crippen LogP contribution in [0.2, 0.25) is 5.02 Å². The first-order valence-electron chi connectivity index (χ1n) is 9.33. The Bertz CT molecular complexity index is 935. The second-order valence-electron chi connectivity index (χ2n) is 6.83. The summed E-state index contributed by atoms with van der Waals surface area (Å²) in [7, 11) is 0. The van der Waals surface area contributed by atoms with Crippen LogP contribution in [0.4, 0.5) is 5.82 Å². The van der Waals surface area contributed by atoms with Crippen molar-refractivity contribution in [1.82, 2.24) is 20.3 Å². The van der Waals surface area contributed by atoms with E-state index in [4.69, 9.17) is 21.5 Å². The van der Waals surface area contributed by atoms with Gasteiger partial charge < -0.3 is 10.1 Å². The highest BCUT2D eigenvalue weighted by Gasteiger charge is 2.23. The molecular formula is C20H22ClN5O4. The lowest BCUT2D eigenvalue weighted by Crippen LogP contribution is -2.26. The van der Waals surface area contributed by atoms with Crippen LogP contribution in [0.5, 0.6) is 0 Å². The van der Waals surface area contributed by atoms with Crippen molar-refractivity contribution < 1.29 is 19.5 Å². The third-order valence-corrected chi connectivity index (χ3v) is 4.87. The molecule has 2 aromatic rings. The SMILES string of the molecule is CC(=O)O/C(=C/c1cnc(N[C@@H]2CCN(Cc3ccccc3Cl)C2)cn1)C(=O)NO. The number of hydrogen-bond acceptors (Lipinski definition) is 8. The van der Waals surface area contributed by atoms with Crippen molar-refractivity contribution in [3.8, 4) is 0 Å². The predicted molar refractivity (Wildman–Crippen MR) is 110 cm³/mol. The Morgan fingerprint density at radius 2 is 2.13 bits per heavy atom. The summed E-state index contributed by atoms with van der Waals surface area (Å²) in [5.41, 5.74) is 2.82. The summed E-state index contributed by atoms with van der Waals surface area (Å²) in [4.78, 5) is 33.5. The van der Waals surface area contributed by atoms with Gasteiger partial charge in [0.15, 0.2) is 5.76 Å². The van der Waals surface area contributed by atoms with Gasteiger partial charge in [0.25, 0.3) is 0 Å². The van der Waals surface area contributed by atoms with Crippen LogP contribution in [0.3, 0.4) is 0 Å². The average Bonchev–Trinajstić information content (AvgIpc) is 3.16. The fourth-order valence-electron chi connectivity index (χ4n) is 3.14. The fourth-order valence-corrected chi connectivity index (χ4v) is 3.34. The second kappa shape index (κ2) is 10.1. The number of nitrogens with one attached hydrogen (secondary N) is 2. The Labute approximate surface area is 178 Å². The number of nitrogens with zero attached hydrogens (tertiary/aromatic N) is 3. The minimum absolute atomic E-state index is 0.222. The van der Waals surface area contributed by atoms with Crippen LogP contribution in [0.1, 0.15) is 24.6 Å². The van der Waals surface area contributed by atoms with Crippen molar-refractivity contribution in [1.29, 1.82) is 0 Å². The molecule has 0 saturated carbocycles. The van der Waals surface area contributed by atoms with Gasteiger partial charge in [0, 0.05) is 43.7 Å². The quantitative estimate of drug-likeness (QED) is 0.201. The molecule has 1 aromatic heterocycles. The maximum atomic E-state index is 11.6. The van der Waals surface area contributed by atoms with Gasteiger partial charge in [-0.05, 0) is 18.1 Å². The van der Waals surface area contributed by atoms with Crippen molar-refractivity contribution in [2.75, 3.05) is 18.4 Å². The van der Waals surface area contributed by atoms with E-state index in [1.54, 1.807) is 0 Å². The third kappa shape index (κ3) is 5.99. The zero-order valence-electron chi connectivity index (χ0n) is 16.3. The van der Waals surface area contributed by atoms with E-state index < -0.39 is 11.9 Å². The van der Waals surface area contributed by atoms with Crippen LogP contribution < -0.4 is 10.8 Å². The van der Waals surface area contributed by atoms with E-state index in [1.165, 1.54) is 23.9 Å². The van der Waals surface area contributed by atoms with Crippen LogP contribution in [-0.4, -0.2) is 51.1 Å². The molecule has 0 radical (unpaired) electrons. The highest BCUT2D eigenvalue weighted by molar-refractivity contribution is 6.31. The Hall–Kier alpha value is -3.01. The van der Waals surface area contributed by atoms with Gasteiger partial charge in [0.2, 0.25) is 0 Å². The largest absolute Gasteiger partial charge is 0.421 e. The molecule has 1 amide bonds. The molecule has 1 atom stereocenters. The Morgan fingerprint density at radius 3 is 2.80 bits per heavy atom. The molecule has 10 heteroatoms. The topological polar surface area (TPSA) is 117 Å². The lowest BCUT2D eigenvalue weighted by Gasteiger charge is -2.17. The van der Waals surface area contributed by atoms with Gasteiger partial charge in [-0.15, -0.1) is 0 Å². The van der Waals surface area contributed by atoms with Crippen LogP contribution >= 0.6 is 11.6 Å². The van der Waals surface area contributed by atoms with Crippen LogP contribution in [0.25, 0.3) is 6.08 Å². The van der Waals surface area contributed by atoms with E-state index in [-0.39, 0.29) is 11.8 Å². The van der Waals surface area contributed by atoms with Gasteiger partial charge in [-0.2, -0.15) is 0 Å². The lowest BCUT2D eigenvalue weighted by atomic mass is 10.2. The van der Waals surface area contributed by atoms with Gasteiger partial charge in [-0.1, -0.05) is 29.8 Å². The average molecular weight is 432 g/mol. The molecule has 1 aliphatic rings. The van der Waals surface area contributed by atoms with Crippen molar-refractivity contribution in [3.05, 3.63) is 58.7 Å². The first-order valence-corrected chi connectivity index (χ1v) is 9.71. The van der Waals surface area contributed by atoms with Crippen molar-refractivity contribution in [2.45, 2.75) is 25.9 Å². The van der Waals surface area contributed by atoms with E-state index in [0.29, 0.717) is 11.5 Å². The summed E-state index contributed by atoms with van der Waals surface area (Å²) in [5, 5.41) is 12.9. The number of likely N-dealkylation sites (tertiary alicyclic amines) is 1. The number of benzene rings is 1. The smallest absolute Gasteiger partial charge is 0.310 e. The minimum atomic E-state index is -0.959. The summed E-state index contributed by atoms with van der Waals surface area (Å²) in [5.74, 6) is -1.44. The molecule has 1 saturated heterocycles. The maximum Gasteiger partial charge on any atom is 0.310 e. The van der Waals surface area contributed by atoms with Gasteiger partial charge in [0.05, 0.1) is 18.1 Å². The number of carbonyl (C=O) groups excluding carboxylic acids is 2. The van der Waals surface area contributed by atoms with Gasteiger partial charge in [-0.25, -0.2) is 10.5 Å². The monoisotopic (exact) mass is 431 g/mol. The van der Waals surface area contributed by atoms with Gasteiger partial charge in [0.1, 0.15) is 5.82 Å². The molecule has 1 aliphatic heterocycles.